The first kappa shape index (κ1) is 14.8. The van der Waals surface area contributed by atoms with Crippen LogP contribution in [0.3, 0.4) is 0 Å². The Kier molecular flexibility index (Phi) is 3.15. The van der Waals surface area contributed by atoms with Gasteiger partial charge in [-0.1, -0.05) is 42.5 Å². The minimum atomic E-state index is -1.37. The Morgan fingerprint density at radius 1 is 0.875 bits per heavy atom. The SMILES string of the molecule is CC1(c2cccc3cc4ccccc4cc23)C(=O)C=CC(=O)C1O. The molecule has 0 amide bonds. The number of carbonyl (C=O) groups excluding carboxylic acids is 2. The molecule has 0 fully saturated rings. The van der Waals surface area contributed by atoms with E-state index in [9.17, 15) is 14.7 Å². The zero-order valence-corrected chi connectivity index (χ0v) is 13.2. The Morgan fingerprint density at radius 2 is 1.54 bits per heavy atom. The molecular weight excluding hydrogens is 300 g/mol. The van der Waals surface area contributed by atoms with E-state index in [0.717, 1.165) is 27.6 Å². The second-order valence-electron chi connectivity index (χ2n) is 6.43. The Morgan fingerprint density at radius 3 is 2.29 bits per heavy atom. The average molecular weight is 316 g/mol. The molecule has 3 aromatic rings. The van der Waals surface area contributed by atoms with Gasteiger partial charge in [-0.3, -0.25) is 9.59 Å². The Hall–Kier alpha value is -2.78. The smallest absolute Gasteiger partial charge is 0.185 e. The van der Waals surface area contributed by atoms with Crippen molar-refractivity contribution in [2.24, 2.45) is 0 Å². The van der Waals surface area contributed by atoms with Crippen LogP contribution in [0.1, 0.15) is 12.5 Å². The number of carbonyl (C=O) groups is 2. The molecule has 0 saturated heterocycles. The van der Waals surface area contributed by atoms with Crippen molar-refractivity contribution in [3.05, 3.63) is 72.3 Å². The summed E-state index contributed by atoms with van der Waals surface area (Å²) in [5, 5.41) is 14.5. The standard InChI is InChI=1S/C21H16O3/c1-21(19(23)10-9-18(22)20(21)24)17-8-4-7-15-11-13-5-2-3-6-14(13)12-16(15)17/h2-12,20,24H,1H3. The lowest BCUT2D eigenvalue weighted by molar-refractivity contribution is -0.135. The molecule has 2 unspecified atom stereocenters. The van der Waals surface area contributed by atoms with Crippen LogP contribution in [-0.2, 0) is 15.0 Å². The van der Waals surface area contributed by atoms with Crippen LogP contribution < -0.4 is 0 Å². The van der Waals surface area contributed by atoms with Crippen LogP contribution in [0.4, 0.5) is 0 Å². The zero-order valence-electron chi connectivity index (χ0n) is 13.2. The molecule has 3 aromatic carbocycles. The summed E-state index contributed by atoms with van der Waals surface area (Å²) in [6.45, 7) is 1.64. The number of allylic oxidation sites excluding steroid dienone is 1. The fraction of sp³-hybridized carbons (Fsp3) is 0.143. The van der Waals surface area contributed by atoms with Crippen LogP contribution in [0.2, 0.25) is 0 Å². The number of fused-ring (bicyclic) bond motifs is 2. The van der Waals surface area contributed by atoms with Crippen LogP contribution >= 0.6 is 0 Å². The molecule has 1 N–H and O–H groups in total. The van der Waals surface area contributed by atoms with Crippen LogP contribution in [-0.4, -0.2) is 22.8 Å². The third kappa shape index (κ3) is 1.95. The fourth-order valence-corrected chi connectivity index (χ4v) is 3.54. The highest BCUT2D eigenvalue weighted by atomic mass is 16.3. The summed E-state index contributed by atoms with van der Waals surface area (Å²) < 4.78 is 0. The van der Waals surface area contributed by atoms with Gasteiger partial charge in [0.05, 0.1) is 5.41 Å². The first-order valence-electron chi connectivity index (χ1n) is 7.88. The second-order valence-corrected chi connectivity index (χ2v) is 6.43. The number of rotatable bonds is 1. The maximum atomic E-state index is 12.6. The Bertz CT molecular complexity index is 1030. The van der Waals surface area contributed by atoms with Gasteiger partial charge in [0.25, 0.3) is 0 Å². The summed E-state index contributed by atoms with van der Waals surface area (Å²) in [4.78, 5) is 24.6. The molecule has 1 aliphatic rings. The summed E-state index contributed by atoms with van der Waals surface area (Å²) in [5.74, 6) is -0.690. The number of aliphatic hydroxyl groups is 1. The topological polar surface area (TPSA) is 54.4 Å². The lowest BCUT2D eigenvalue weighted by Gasteiger charge is -2.34. The summed E-state index contributed by atoms with van der Waals surface area (Å²) in [6.07, 6.45) is 1.07. The average Bonchev–Trinajstić information content (AvgIpc) is 2.61. The van der Waals surface area contributed by atoms with Crippen molar-refractivity contribution < 1.29 is 14.7 Å². The van der Waals surface area contributed by atoms with Crippen LogP contribution in [0.15, 0.2) is 66.7 Å². The van der Waals surface area contributed by atoms with Crippen LogP contribution in [0.25, 0.3) is 21.5 Å². The van der Waals surface area contributed by atoms with E-state index in [4.69, 9.17) is 0 Å². The maximum absolute atomic E-state index is 12.6. The highest BCUT2D eigenvalue weighted by molar-refractivity contribution is 6.15. The third-order valence-electron chi connectivity index (χ3n) is 5.03. The van der Waals surface area contributed by atoms with Crippen molar-refractivity contribution in [1.29, 1.82) is 0 Å². The monoisotopic (exact) mass is 316 g/mol. The van der Waals surface area contributed by atoms with E-state index in [2.05, 4.69) is 6.07 Å². The minimum absolute atomic E-state index is 0.254. The molecule has 24 heavy (non-hydrogen) atoms. The van der Waals surface area contributed by atoms with Gasteiger partial charge in [-0.15, -0.1) is 0 Å². The van der Waals surface area contributed by atoms with E-state index in [-0.39, 0.29) is 5.78 Å². The third-order valence-corrected chi connectivity index (χ3v) is 5.03. The molecule has 118 valence electrons. The number of benzene rings is 3. The molecule has 0 spiro atoms. The largest absolute Gasteiger partial charge is 0.384 e. The Balaban J connectivity index is 2.06. The highest BCUT2D eigenvalue weighted by Gasteiger charge is 2.46. The van der Waals surface area contributed by atoms with Gasteiger partial charge in [-0.25, -0.2) is 0 Å². The van der Waals surface area contributed by atoms with Gasteiger partial charge >= 0.3 is 0 Å². The molecule has 0 saturated carbocycles. The quantitative estimate of drug-likeness (QED) is 0.701. The summed E-state index contributed by atoms with van der Waals surface area (Å²) in [7, 11) is 0. The molecule has 0 radical (unpaired) electrons. The fourth-order valence-electron chi connectivity index (χ4n) is 3.54. The summed E-state index contributed by atoms with van der Waals surface area (Å²) in [5.41, 5.74) is -0.589. The number of hydrogen-bond acceptors (Lipinski definition) is 3. The molecule has 3 nitrogen and oxygen atoms in total. The van der Waals surface area contributed by atoms with Gasteiger partial charge in [-0.2, -0.15) is 0 Å². The van der Waals surface area contributed by atoms with Crippen molar-refractivity contribution >= 4 is 33.1 Å². The molecular formula is C21H16O3. The van der Waals surface area contributed by atoms with Crippen LogP contribution in [0.5, 0.6) is 0 Å². The number of aliphatic hydroxyl groups excluding tert-OH is 1. The zero-order chi connectivity index (χ0) is 16.9. The minimum Gasteiger partial charge on any atom is -0.384 e. The number of ketones is 2. The molecule has 0 bridgehead atoms. The van der Waals surface area contributed by atoms with Gasteiger partial charge in [0.2, 0.25) is 0 Å². The summed E-state index contributed by atoms with van der Waals surface area (Å²) >= 11 is 0. The lowest BCUT2D eigenvalue weighted by Crippen LogP contribution is -2.49. The molecule has 0 aromatic heterocycles. The maximum Gasteiger partial charge on any atom is 0.185 e. The van der Waals surface area contributed by atoms with E-state index in [1.165, 1.54) is 6.08 Å². The lowest BCUT2D eigenvalue weighted by atomic mass is 9.68. The highest BCUT2D eigenvalue weighted by Crippen LogP contribution is 2.38. The normalized spacial score (nSPS) is 24.0. The van der Waals surface area contributed by atoms with Crippen molar-refractivity contribution in [2.45, 2.75) is 18.4 Å². The summed E-state index contributed by atoms with van der Waals surface area (Å²) in [6, 6.07) is 17.7. The van der Waals surface area contributed by atoms with E-state index in [1.54, 1.807) is 6.92 Å². The van der Waals surface area contributed by atoms with Gasteiger partial charge in [0, 0.05) is 0 Å². The van der Waals surface area contributed by atoms with E-state index >= 15 is 0 Å². The predicted octanol–water partition coefficient (Wildman–Crippen LogP) is 3.32. The van der Waals surface area contributed by atoms with Crippen molar-refractivity contribution in [3.63, 3.8) is 0 Å². The second kappa shape index (κ2) is 5.11. The van der Waals surface area contributed by atoms with Gasteiger partial charge < -0.3 is 5.11 Å². The molecule has 1 aliphatic carbocycles. The number of hydrogen-bond donors (Lipinski definition) is 1. The van der Waals surface area contributed by atoms with E-state index in [0.29, 0.717) is 5.56 Å². The van der Waals surface area contributed by atoms with Crippen molar-refractivity contribution in [2.75, 3.05) is 0 Å². The van der Waals surface area contributed by atoms with Crippen LogP contribution in [0, 0.1) is 0 Å². The first-order chi connectivity index (χ1) is 11.5. The van der Waals surface area contributed by atoms with Gasteiger partial charge in [0.15, 0.2) is 11.6 Å². The molecule has 3 heteroatoms. The van der Waals surface area contributed by atoms with Crippen molar-refractivity contribution in [1.82, 2.24) is 0 Å². The van der Waals surface area contributed by atoms with E-state index in [1.807, 2.05) is 48.5 Å². The Labute approximate surface area is 139 Å². The van der Waals surface area contributed by atoms with E-state index < -0.39 is 17.3 Å². The molecule has 2 atom stereocenters. The molecule has 0 heterocycles. The van der Waals surface area contributed by atoms with Gasteiger partial charge in [0.1, 0.15) is 6.10 Å². The molecule has 4 rings (SSSR count). The predicted molar refractivity (Wildman–Crippen MR) is 94.0 cm³/mol. The van der Waals surface area contributed by atoms with Crippen molar-refractivity contribution in [3.8, 4) is 0 Å². The molecule has 0 aliphatic heterocycles. The first-order valence-corrected chi connectivity index (χ1v) is 7.88. The van der Waals surface area contributed by atoms with Gasteiger partial charge in [-0.05, 0) is 58.3 Å².